The second-order valence-corrected chi connectivity index (χ2v) is 7.13. The summed E-state index contributed by atoms with van der Waals surface area (Å²) in [6.07, 6.45) is 2.75. The maximum atomic E-state index is 9.70. The lowest BCUT2D eigenvalue weighted by Crippen LogP contribution is -1.97. The molecule has 144 valence electrons. The number of hydrogen-bond donors (Lipinski definition) is 2. The molecule has 0 heterocycles. The molecule has 0 aliphatic heterocycles. The van der Waals surface area contributed by atoms with Gasteiger partial charge in [-0.3, -0.25) is 4.99 Å². The molecule has 0 aliphatic rings. The molecule has 3 heteroatoms. The molecule has 3 nitrogen and oxygen atoms in total. The average Bonchev–Trinajstić information content (AvgIpc) is 2.70. The van der Waals surface area contributed by atoms with Crippen molar-refractivity contribution < 1.29 is 5.11 Å². The standard InChI is InChI=1S/C25H28N2O/c1-4-20-14-18(9-11-24(20)26)13-19-10-12-25(21(5-2)15-19)27-17(3)22-7-6-8-23(28)16-22/h6-12,14-16,28H,4-5,13,26H2,1-3H3. The number of hydrogen-bond acceptors (Lipinski definition) is 3. The largest absolute Gasteiger partial charge is 0.508 e. The highest BCUT2D eigenvalue weighted by molar-refractivity contribution is 6.00. The average molecular weight is 373 g/mol. The van der Waals surface area contributed by atoms with E-state index in [-0.39, 0.29) is 5.75 Å². The predicted molar refractivity (Wildman–Crippen MR) is 119 cm³/mol. The van der Waals surface area contributed by atoms with Gasteiger partial charge in [-0.15, -0.1) is 0 Å². The summed E-state index contributed by atoms with van der Waals surface area (Å²) < 4.78 is 0. The number of aromatic hydroxyl groups is 1. The van der Waals surface area contributed by atoms with E-state index in [0.29, 0.717) is 0 Å². The van der Waals surface area contributed by atoms with Gasteiger partial charge >= 0.3 is 0 Å². The van der Waals surface area contributed by atoms with Crippen LogP contribution in [0.4, 0.5) is 11.4 Å². The highest BCUT2D eigenvalue weighted by Crippen LogP contribution is 2.25. The molecule has 0 saturated heterocycles. The van der Waals surface area contributed by atoms with E-state index < -0.39 is 0 Å². The van der Waals surface area contributed by atoms with Crippen molar-refractivity contribution in [2.45, 2.75) is 40.0 Å². The number of nitrogen functional groups attached to an aromatic ring is 1. The van der Waals surface area contributed by atoms with Crippen LogP contribution in [0.1, 0.15) is 48.6 Å². The fourth-order valence-electron chi connectivity index (χ4n) is 3.43. The van der Waals surface area contributed by atoms with Crippen LogP contribution >= 0.6 is 0 Å². The Hall–Kier alpha value is -3.07. The molecule has 0 spiro atoms. The molecule has 0 atom stereocenters. The van der Waals surface area contributed by atoms with Crippen molar-refractivity contribution in [2.75, 3.05) is 5.73 Å². The number of nitrogens with zero attached hydrogens (tertiary/aromatic N) is 1. The molecule has 3 aromatic rings. The van der Waals surface area contributed by atoms with Gasteiger partial charge in [-0.1, -0.05) is 50.2 Å². The zero-order valence-corrected chi connectivity index (χ0v) is 16.9. The minimum absolute atomic E-state index is 0.257. The van der Waals surface area contributed by atoms with Crippen LogP contribution in [0, 0.1) is 0 Å². The summed E-state index contributed by atoms with van der Waals surface area (Å²) in [4.78, 5) is 4.82. The van der Waals surface area contributed by atoms with Gasteiger partial charge in [0, 0.05) is 11.4 Å². The number of nitrogens with two attached hydrogens (primary N) is 1. The second-order valence-electron chi connectivity index (χ2n) is 7.13. The molecule has 0 fully saturated rings. The molecule has 0 aromatic heterocycles. The van der Waals surface area contributed by atoms with Crippen molar-refractivity contribution in [2.24, 2.45) is 4.99 Å². The summed E-state index contributed by atoms with van der Waals surface area (Å²) >= 11 is 0. The maximum Gasteiger partial charge on any atom is 0.116 e. The SMILES string of the molecule is CCc1cc(Cc2ccc(N=C(C)c3cccc(O)c3)c(CC)c2)ccc1N. The van der Waals surface area contributed by atoms with Crippen LogP contribution < -0.4 is 5.73 Å². The van der Waals surface area contributed by atoms with Gasteiger partial charge in [0.1, 0.15) is 5.75 Å². The zero-order chi connectivity index (χ0) is 20.1. The molecule has 0 aliphatic carbocycles. The second kappa shape index (κ2) is 8.75. The number of phenolic OH excluding ortho intramolecular Hbond substituents is 1. The van der Waals surface area contributed by atoms with Crippen LogP contribution in [-0.2, 0) is 19.3 Å². The van der Waals surface area contributed by atoms with Gasteiger partial charge in [0.25, 0.3) is 0 Å². The Morgan fingerprint density at radius 3 is 2.25 bits per heavy atom. The van der Waals surface area contributed by atoms with E-state index in [9.17, 15) is 5.11 Å². The van der Waals surface area contributed by atoms with E-state index in [1.807, 2.05) is 25.1 Å². The van der Waals surface area contributed by atoms with Crippen molar-refractivity contribution in [3.8, 4) is 5.75 Å². The highest BCUT2D eigenvalue weighted by Gasteiger charge is 2.06. The van der Waals surface area contributed by atoms with Crippen molar-refractivity contribution in [3.63, 3.8) is 0 Å². The number of rotatable bonds is 6. The topological polar surface area (TPSA) is 58.6 Å². The van der Waals surface area contributed by atoms with E-state index in [1.54, 1.807) is 12.1 Å². The maximum absolute atomic E-state index is 9.70. The lowest BCUT2D eigenvalue weighted by molar-refractivity contribution is 0.475. The van der Waals surface area contributed by atoms with E-state index in [0.717, 1.165) is 41.9 Å². The Balaban J connectivity index is 1.87. The number of aliphatic imine (C=N–C) groups is 1. The minimum Gasteiger partial charge on any atom is -0.508 e. The molecule has 0 radical (unpaired) electrons. The molecule has 3 aromatic carbocycles. The molecule has 3 rings (SSSR count). The van der Waals surface area contributed by atoms with Crippen LogP contribution in [0.25, 0.3) is 0 Å². The Bertz CT molecular complexity index is 1010. The Morgan fingerprint density at radius 1 is 0.893 bits per heavy atom. The van der Waals surface area contributed by atoms with Crippen LogP contribution in [0.5, 0.6) is 5.75 Å². The first-order valence-corrected chi connectivity index (χ1v) is 9.84. The van der Waals surface area contributed by atoms with Crippen molar-refractivity contribution in [1.82, 2.24) is 0 Å². The summed E-state index contributed by atoms with van der Waals surface area (Å²) in [5.74, 6) is 0.257. The van der Waals surface area contributed by atoms with Crippen molar-refractivity contribution in [3.05, 3.63) is 88.5 Å². The number of anilines is 1. The molecule has 3 N–H and O–H groups in total. The Kier molecular flexibility index (Phi) is 6.15. The zero-order valence-electron chi connectivity index (χ0n) is 16.9. The number of aryl methyl sites for hydroxylation is 2. The van der Waals surface area contributed by atoms with E-state index >= 15 is 0 Å². The quantitative estimate of drug-likeness (QED) is 0.422. The Labute approximate surface area is 167 Å². The highest BCUT2D eigenvalue weighted by atomic mass is 16.3. The van der Waals surface area contributed by atoms with Gasteiger partial charge in [-0.2, -0.15) is 0 Å². The van der Waals surface area contributed by atoms with Gasteiger partial charge in [-0.05, 0) is 78.3 Å². The first kappa shape index (κ1) is 19.7. The third kappa shape index (κ3) is 4.61. The van der Waals surface area contributed by atoms with Crippen LogP contribution in [0.3, 0.4) is 0 Å². The molecule has 28 heavy (non-hydrogen) atoms. The smallest absolute Gasteiger partial charge is 0.116 e. The number of phenols is 1. The normalized spacial score (nSPS) is 11.6. The van der Waals surface area contributed by atoms with Gasteiger partial charge in [-0.25, -0.2) is 0 Å². The number of benzene rings is 3. The van der Waals surface area contributed by atoms with E-state index in [4.69, 9.17) is 10.7 Å². The molecular formula is C25H28N2O. The third-order valence-electron chi connectivity index (χ3n) is 5.07. The van der Waals surface area contributed by atoms with Crippen LogP contribution in [-0.4, -0.2) is 10.8 Å². The van der Waals surface area contributed by atoms with Crippen molar-refractivity contribution >= 4 is 17.1 Å². The monoisotopic (exact) mass is 372 g/mol. The summed E-state index contributed by atoms with van der Waals surface area (Å²) in [6, 6.07) is 20.0. The van der Waals surface area contributed by atoms with E-state index in [2.05, 4.69) is 44.2 Å². The summed E-state index contributed by atoms with van der Waals surface area (Å²) in [7, 11) is 0. The van der Waals surface area contributed by atoms with Gasteiger partial charge in [0.05, 0.1) is 5.69 Å². The molecule has 0 unspecified atom stereocenters. The third-order valence-corrected chi connectivity index (χ3v) is 5.07. The molecular weight excluding hydrogens is 344 g/mol. The molecule has 0 bridgehead atoms. The minimum atomic E-state index is 0.257. The lowest BCUT2D eigenvalue weighted by Gasteiger charge is -2.11. The fourth-order valence-corrected chi connectivity index (χ4v) is 3.43. The predicted octanol–water partition coefficient (Wildman–Crippen LogP) is 5.83. The lowest BCUT2D eigenvalue weighted by atomic mass is 9.98. The summed E-state index contributed by atoms with van der Waals surface area (Å²) in [6.45, 7) is 6.26. The van der Waals surface area contributed by atoms with Crippen molar-refractivity contribution in [1.29, 1.82) is 0 Å². The van der Waals surface area contributed by atoms with Gasteiger partial charge < -0.3 is 10.8 Å². The van der Waals surface area contributed by atoms with Crippen LogP contribution in [0.15, 0.2) is 65.7 Å². The molecule has 0 saturated carbocycles. The first-order chi connectivity index (χ1) is 13.5. The Morgan fingerprint density at radius 2 is 1.57 bits per heavy atom. The van der Waals surface area contributed by atoms with E-state index in [1.165, 1.54) is 22.3 Å². The molecule has 0 amide bonds. The summed E-state index contributed by atoms with van der Waals surface area (Å²) in [5.41, 5.74) is 14.7. The summed E-state index contributed by atoms with van der Waals surface area (Å²) in [5, 5.41) is 9.70. The van der Waals surface area contributed by atoms with Crippen LogP contribution in [0.2, 0.25) is 0 Å². The van der Waals surface area contributed by atoms with Gasteiger partial charge in [0.2, 0.25) is 0 Å². The fraction of sp³-hybridized carbons (Fsp3) is 0.240. The first-order valence-electron chi connectivity index (χ1n) is 9.84. The van der Waals surface area contributed by atoms with Gasteiger partial charge in [0.15, 0.2) is 0 Å².